The van der Waals surface area contributed by atoms with Crippen LogP contribution in [0.2, 0.25) is 5.02 Å². The molecule has 20 nitrogen and oxygen atoms in total. The second-order valence-corrected chi connectivity index (χ2v) is 21.8. The van der Waals surface area contributed by atoms with Crippen molar-refractivity contribution in [3.05, 3.63) is 130 Å². The first-order valence-corrected chi connectivity index (χ1v) is 26.9. The fraction of sp³-hybridized carbons (Fsp3) is 0.414. The van der Waals surface area contributed by atoms with E-state index in [1.807, 2.05) is 89.5 Å². The smallest absolute Gasteiger partial charge is 0.246 e. The number of carbonyl (C=O) groups is 7. The molecule has 0 radical (unpaired) electrons. The Bertz CT molecular complexity index is 3090. The molecule has 3 aliphatic rings. The standard InChI is InChI=1S/C58H68ClN11O9/c1-33(2)49-56(76)64-44(31-61-47(71)30-42-52-68-67-34(3)70(52)45-24-23-40(78-7)29-41(45)50(62-42)38-19-21-39(59)22-20-38)53(73)60-25-27-79-32-48(72)65-51(58(4,5)6)57(77)69-26-11-14-46(69)55(75)63-43(54(74)66-49)28-35-15-17-37(18-16-35)36-12-9-8-10-13-36/h8-10,12-13,15-24,29,33,42-44,46,49,51H,11,14,25-28,30-32H2,1-7H3,(H,60,73)(H,61,71)(H,63,75)(H,64,76)(H,65,72)(H,66,74)/t42-,43+,44+,46-,49+,51?/m0/s1. The van der Waals surface area contributed by atoms with Gasteiger partial charge in [0.1, 0.15) is 54.4 Å². The van der Waals surface area contributed by atoms with Crippen LogP contribution in [0.1, 0.15) is 88.3 Å². The number of ether oxygens (including phenoxy) is 2. The van der Waals surface area contributed by atoms with Crippen LogP contribution < -0.4 is 36.6 Å². The third kappa shape index (κ3) is 13.8. The van der Waals surface area contributed by atoms with E-state index in [2.05, 4.69) is 42.1 Å². The predicted octanol–water partition coefficient (Wildman–Crippen LogP) is 4.32. The van der Waals surface area contributed by atoms with E-state index < -0.39 is 102 Å². The Morgan fingerprint density at radius 3 is 2.22 bits per heavy atom. The number of carbonyl (C=O) groups excluding carboxylic acids is 7. The van der Waals surface area contributed by atoms with E-state index in [9.17, 15) is 33.6 Å². The fourth-order valence-corrected chi connectivity index (χ4v) is 10.1. The molecule has 416 valence electrons. The van der Waals surface area contributed by atoms with E-state index in [0.717, 1.165) is 11.1 Å². The summed E-state index contributed by atoms with van der Waals surface area (Å²) in [5, 5.41) is 26.2. The second-order valence-electron chi connectivity index (χ2n) is 21.4. The molecule has 79 heavy (non-hydrogen) atoms. The highest BCUT2D eigenvalue weighted by Crippen LogP contribution is 2.35. The van der Waals surface area contributed by atoms with Gasteiger partial charge in [-0.3, -0.25) is 43.1 Å². The predicted molar refractivity (Wildman–Crippen MR) is 296 cm³/mol. The quantitative estimate of drug-likeness (QED) is 0.115. The highest BCUT2D eigenvalue weighted by molar-refractivity contribution is 6.30. The van der Waals surface area contributed by atoms with Gasteiger partial charge in [-0.25, -0.2) is 0 Å². The van der Waals surface area contributed by atoms with Crippen LogP contribution in [0.4, 0.5) is 0 Å². The molecule has 0 aliphatic carbocycles. The molecule has 0 bridgehead atoms. The summed E-state index contributed by atoms with van der Waals surface area (Å²) in [7, 11) is 1.56. The Morgan fingerprint density at radius 2 is 1.52 bits per heavy atom. The van der Waals surface area contributed by atoms with E-state index in [1.54, 1.807) is 60.8 Å². The number of benzene rings is 4. The van der Waals surface area contributed by atoms with E-state index in [-0.39, 0.29) is 32.5 Å². The van der Waals surface area contributed by atoms with Gasteiger partial charge in [0.05, 0.1) is 31.5 Å². The Hall–Kier alpha value is -7.97. The van der Waals surface area contributed by atoms with Crippen molar-refractivity contribution in [2.45, 2.75) is 103 Å². The summed E-state index contributed by atoms with van der Waals surface area (Å²) in [6, 6.07) is 23.2. The van der Waals surface area contributed by atoms with Crippen molar-refractivity contribution in [3.8, 4) is 22.6 Å². The van der Waals surface area contributed by atoms with Gasteiger partial charge in [-0.15, -0.1) is 10.2 Å². The van der Waals surface area contributed by atoms with Gasteiger partial charge in [0.2, 0.25) is 41.4 Å². The summed E-state index contributed by atoms with van der Waals surface area (Å²) in [6.07, 6.45) is 0.572. The number of aryl methyl sites for hydroxylation is 1. The average Bonchev–Trinajstić information content (AvgIpc) is 4.15. The maximum atomic E-state index is 14.7. The molecular formula is C58H68ClN11O9. The van der Waals surface area contributed by atoms with Crippen LogP contribution in [-0.4, -0.2) is 137 Å². The third-order valence-electron chi connectivity index (χ3n) is 14.2. The van der Waals surface area contributed by atoms with Gasteiger partial charge in [0.25, 0.3) is 0 Å². The SMILES string of the molecule is COc1ccc2c(c1)C(c1ccc(Cl)cc1)=N[C@@H](CC(=O)NC[C@H]1NC(=O)[C@@H](C(C)C)NC(=O)[C@@H](Cc3ccc(-c4ccccc4)cc3)NC(=O)[C@@H]3CCCN3C(=O)C(C(C)(C)C)NC(=O)COCCNC1=O)c1nnc(C)n1-2. The molecule has 2 fully saturated rings. The highest BCUT2D eigenvalue weighted by Gasteiger charge is 2.43. The number of halogens is 1. The number of amides is 7. The maximum absolute atomic E-state index is 14.7. The summed E-state index contributed by atoms with van der Waals surface area (Å²) in [5.74, 6) is -3.35. The Morgan fingerprint density at radius 1 is 0.823 bits per heavy atom. The second kappa shape index (κ2) is 25.2. The number of aliphatic imine (C=N–C) groups is 1. The molecule has 8 rings (SSSR count). The lowest BCUT2D eigenvalue weighted by atomic mass is 9.85. The topological polar surface area (TPSA) is 256 Å². The molecular weight excluding hydrogens is 1030 g/mol. The molecule has 0 saturated carbocycles. The number of hydrogen-bond donors (Lipinski definition) is 6. The van der Waals surface area contributed by atoms with Crippen LogP contribution in [0.3, 0.4) is 0 Å². The van der Waals surface area contributed by atoms with Gasteiger partial charge < -0.3 is 46.3 Å². The first-order valence-electron chi connectivity index (χ1n) is 26.5. The first-order chi connectivity index (χ1) is 37.8. The van der Waals surface area contributed by atoms with Crippen molar-refractivity contribution >= 4 is 58.7 Å². The zero-order valence-electron chi connectivity index (χ0n) is 45.4. The number of hydrogen-bond acceptors (Lipinski definition) is 12. The Kier molecular flexibility index (Phi) is 18.3. The molecule has 5 aromatic rings. The largest absolute Gasteiger partial charge is 0.497 e. The average molecular weight is 1100 g/mol. The summed E-state index contributed by atoms with van der Waals surface area (Å²) in [6.45, 7) is 9.78. The van der Waals surface area contributed by atoms with Crippen molar-refractivity contribution in [2.75, 3.05) is 40.0 Å². The summed E-state index contributed by atoms with van der Waals surface area (Å²) in [5.41, 5.74) is 4.51. The number of nitrogens with one attached hydrogen (secondary N) is 6. The van der Waals surface area contributed by atoms with Crippen LogP contribution in [0.5, 0.6) is 5.75 Å². The van der Waals surface area contributed by atoms with Crippen LogP contribution in [-0.2, 0) is 44.7 Å². The Labute approximate surface area is 464 Å². The minimum Gasteiger partial charge on any atom is -0.497 e. The van der Waals surface area contributed by atoms with Crippen molar-refractivity contribution in [1.29, 1.82) is 0 Å². The molecule has 2 saturated heterocycles. The number of fused-ring (bicyclic) bond motifs is 4. The number of aromatic nitrogens is 3. The summed E-state index contributed by atoms with van der Waals surface area (Å²) < 4.78 is 13.1. The molecule has 21 heteroatoms. The normalized spacial score (nSPS) is 21.8. The Balaban J connectivity index is 1.07. The van der Waals surface area contributed by atoms with Crippen LogP contribution >= 0.6 is 11.6 Å². The van der Waals surface area contributed by atoms with E-state index in [0.29, 0.717) is 63.4 Å². The molecule has 6 atom stereocenters. The third-order valence-corrected chi connectivity index (χ3v) is 14.4. The number of rotatable bonds is 10. The van der Waals surface area contributed by atoms with Gasteiger partial charge in [0, 0.05) is 42.2 Å². The van der Waals surface area contributed by atoms with Crippen molar-refractivity contribution in [3.63, 3.8) is 0 Å². The van der Waals surface area contributed by atoms with Crippen molar-refractivity contribution in [2.24, 2.45) is 16.3 Å². The minimum absolute atomic E-state index is 0.0138. The van der Waals surface area contributed by atoms with Crippen LogP contribution in [0.15, 0.2) is 102 Å². The van der Waals surface area contributed by atoms with Crippen LogP contribution in [0.25, 0.3) is 16.8 Å². The van der Waals surface area contributed by atoms with Crippen molar-refractivity contribution < 1.29 is 43.0 Å². The molecule has 4 heterocycles. The molecule has 4 aromatic carbocycles. The highest BCUT2D eigenvalue weighted by atomic mass is 35.5. The lowest BCUT2D eigenvalue weighted by molar-refractivity contribution is -0.145. The molecule has 1 aromatic heterocycles. The lowest BCUT2D eigenvalue weighted by Gasteiger charge is -2.35. The van der Waals surface area contributed by atoms with Crippen LogP contribution in [0, 0.1) is 18.3 Å². The zero-order valence-corrected chi connectivity index (χ0v) is 46.2. The van der Waals surface area contributed by atoms with Gasteiger partial charge in [-0.1, -0.05) is 113 Å². The summed E-state index contributed by atoms with van der Waals surface area (Å²) >= 11 is 6.30. The zero-order chi connectivity index (χ0) is 56.5. The molecule has 3 aliphatic heterocycles. The van der Waals surface area contributed by atoms with E-state index in [4.69, 9.17) is 26.1 Å². The molecule has 7 amide bonds. The lowest BCUT2D eigenvalue weighted by Crippen LogP contribution is -2.61. The fourth-order valence-electron chi connectivity index (χ4n) is 9.93. The monoisotopic (exact) mass is 1100 g/mol. The molecule has 6 N–H and O–H groups in total. The van der Waals surface area contributed by atoms with Gasteiger partial charge in [0.15, 0.2) is 5.82 Å². The number of nitrogens with zero attached hydrogens (tertiary/aromatic N) is 5. The van der Waals surface area contributed by atoms with Gasteiger partial charge in [-0.05, 0) is 78.1 Å². The van der Waals surface area contributed by atoms with Crippen molar-refractivity contribution in [1.82, 2.24) is 51.6 Å². The van der Waals surface area contributed by atoms with E-state index >= 15 is 0 Å². The number of methoxy groups -OCH3 is 1. The van der Waals surface area contributed by atoms with Gasteiger partial charge in [-0.2, -0.15) is 0 Å². The molecule has 0 spiro atoms. The van der Waals surface area contributed by atoms with Gasteiger partial charge >= 0.3 is 0 Å². The first kappa shape index (κ1) is 57.2. The van der Waals surface area contributed by atoms with E-state index in [1.165, 1.54) is 4.90 Å². The summed E-state index contributed by atoms with van der Waals surface area (Å²) in [4.78, 5) is 106. The molecule has 1 unspecified atom stereocenters. The minimum atomic E-state index is -1.40. The maximum Gasteiger partial charge on any atom is 0.246 e.